The van der Waals surface area contributed by atoms with Crippen molar-refractivity contribution in [2.24, 2.45) is 0 Å². The smallest absolute Gasteiger partial charge is 0.243 e. The minimum absolute atomic E-state index is 0.163. The van der Waals surface area contributed by atoms with Crippen LogP contribution in [0.5, 0.6) is 0 Å². The zero-order valence-corrected chi connectivity index (χ0v) is 12.8. The zero-order valence-electron chi connectivity index (χ0n) is 11.2. The molecule has 1 amide bonds. The number of nitrogens with one attached hydrogen (secondary N) is 1. The fourth-order valence-electron chi connectivity index (χ4n) is 1.60. The number of hydrogen-bond donors (Lipinski definition) is 1. The number of amides is 1. The quantitative estimate of drug-likeness (QED) is 0.905. The lowest BCUT2D eigenvalue weighted by atomic mass is 10.2. The van der Waals surface area contributed by atoms with Crippen LogP contribution in [0.1, 0.15) is 12.7 Å². The Labute approximate surface area is 125 Å². The Balaban J connectivity index is 1.92. The SMILES string of the molecule is CC(C(=O)Nc1ncccn1)N(C)Cc1ccc(Br)o1. The van der Waals surface area contributed by atoms with Gasteiger partial charge in [-0.3, -0.25) is 15.0 Å². The maximum Gasteiger partial charge on any atom is 0.243 e. The molecule has 106 valence electrons. The minimum atomic E-state index is -0.331. The van der Waals surface area contributed by atoms with E-state index in [0.717, 1.165) is 5.76 Å². The molecule has 0 saturated heterocycles. The number of carbonyl (C=O) groups excluding carboxylic acids is 1. The van der Waals surface area contributed by atoms with Gasteiger partial charge < -0.3 is 4.42 Å². The van der Waals surface area contributed by atoms with Crippen molar-refractivity contribution in [3.05, 3.63) is 41.0 Å². The highest BCUT2D eigenvalue weighted by Gasteiger charge is 2.19. The van der Waals surface area contributed by atoms with Crippen molar-refractivity contribution in [3.8, 4) is 0 Å². The summed E-state index contributed by atoms with van der Waals surface area (Å²) in [7, 11) is 1.85. The lowest BCUT2D eigenvalue weighted by Gasteiger charge is -2.22. The van der Waals surface area contributed by atoms with Gasteiger partial charge in [0.05, 0.1) is 12.6 Å². The number of hydrogen-bond acceptors (Lipinski definition) is 5. The van der Waals surface area contributed by atoms with Gasteiger partial charge in [0.15, 0.2) is 4.67 Å². The molecule has 0 aromatic carbocycles. The topological polar surface area (TPSA) is 71.3 Å². The molecule has 2 aromatic rings. The Hall–Kier alpha value is -1.73. The second-order valence-corrected chi connectivity index (χ2v) is 5.14. The number of rotatable bonds is 5. The van der Waals surface area contributed by atoms with E-state index in [1.807, 2.05) is 31.0 Å². The standard InChI is InChI=1S/C13H15BrN4O2/c1-9(12(19)17-13-15-6-3-7-16-13)18(2)8-10-4-5-11(14)20-10/h3-7,9H,8H2,1-2H3,(H,15,16,17,19). The van der Waals surface area contributed by atoms with Crippen LogP contribution >= 0.6 is 15.9 Å². The lowest BCUT2D eigenvalue weighted by Crippen LogP contribution is -2.39. The molecule has 0 aliphatic heterocycles. The molecule has 20 heavy (non-hydrogen) atoms. The molecule has 0 radical (unpaired) electrons. The first-order valence-corrected chi connectivity index (χ1v) is 6.88. The van der Waals surface area contributed by atoms with Crippen molar-refractivity contribution in [2.75, 3.05) is 12.4 Å². The predicted octanol–water partition coefficient (Wildman–Crippen LogP) is 2.29. The average molecular weight is 339 g/mol. The van der Waals surface area contributed by atoms with E-state index in [9.17, 15) is 4.79 Å². The van der Waals surface area contributed by atoms with Gasteiger partial charge >= 0.3 is 0 Å². The van der Waals surface area contributed by atoms with Gasteiger partial charge in [0, 0.05) is 12.4 Å². The first kappa shape index (κ1) is 14.7. The molecule has 7 heteroatoms. The molecule has 0 aliphatic carbocycles. The van der Waals surface area contributed by atoms with Crippen LogP contribution in [0.15, 0.2) is 39.7 Å². The lowest BCUT2D eigenvalue weighted by molar-refractivity contribution is -0.120. The number of furan rings is 1. The van der Waals surface area contributed by atoms with Gasteiger partial charge in [0.1, 0.15) is 5.76 Å². The van der Waals surface area contributed by atoms with E-state index in [4.69, 9.17) is 4.42 Å². The number of aromatic nitrogens is 2. The number of likely N-dealkylation sites (N-methyl/N-ethyl adjacent to an activating group) is 1. The number of carbonyl (C=O) groups is 1. The first-order valence-electron chi connectivity index (χ1n) is 6.08. The first-order chi connectivity index (χ1) is 9.56. The van der Waals surface area contributed by atoms with E-state index in [-0.39, 0.29) is 11.9 Å². The highest BCUT2D eigenvalue weighted by atomic mass is 79.9. The summed E-state index contributed by atoms with van der Waals surface area (Å²) in [6, 6.07) is 5.06. The summed E-state index contributed by atoms with van der Waals surface area (Å²) in [6.45, 7) is 2.35. The van der Waals surface area contributed by atoms with Crippen LogP contribution in [0.3, 0.4) is 0 Å². The van der Waals surface area contributed by atoms with Crippen LogP contribution in [0.4, 0.5) is 5.95 Å². The largest absolute Gasteiger partial charge is 0.453 e. The normalized spacial score (nSPS) is 12.4. The molecule has 1 unspecified atom stereocenters. The summed E-state index contributed by atoms with van der Waals surface area (Å²) in [5.41, 5.74) is 0. The Morgan fingerprint density at radius 2 is 2.15 bits per heavy atom. The van der Waals surface area contributed by atoms with Crippen molar-refractivity contribution in [1.29, 1.82) is 0 Å². The molecule has 1 N–H and O–H groups in total. The van der Waals surface area contributed by atoms with Gasteiger partial charge in [0.2, 0.25) is 11.9 Å². The molecule has 0 fully saturated rings. The third-order valence-corrected chi connectivity index (χ3v) is 3.30. The van der Waals surface area contributed by atoms with Crippen molar-refractivity contribution >= 4 is 27.8 Å². The highest BCUT2D eigenvalue weighted by molar-refractivity contribution is 9.10. The summed E-state index contributed by atoms with van der Waals surface area (Å²) < 4.78 is 6.10. The molecule has 2 aromatic heterocycles. The van der Waals surface area contributed by atoms with E-state index in [1.54, 1.807) is 18.5 Å². The van der Waals surface area contributed by atoms with Crippen LogP contribution in [-0.2, 0) is 11.3 Å². The third-order valence-electron chi connectivity index (χ3n) is 2.88. The van der Waals surface area contributed by atoms with Gasteiger partial charge in [-0.25, -0.2) is 9.97 Å². The summed E-state index contributed by atoms with van der Waals surface area (Å²) in [5, 5.41) is 2.67. The molecule has 0 spiro atoms. The van der Waals surface area contributed by atoms with E-state index >= 15 is 0 Å². The van der Waals surface area contributed by atoms with Crippen LogP contribution in [0.25, 0.3) is 0 Å². The highest BCUT2D eigenvalue weighted by Crippen LogP contribution is 2.16. The Morgan fingerprint density at radius 1 is 1.45 bits per heavy atom. The molecule has 0 saturated carbocycles. The van der Waals surface area contributed by atoms with E-state index in [0.29, 0.717) is 17.2 Å². The Morgan fingerprint density at radius 3 is 2.75 bits per heavy atom. The fraction of sp³-hybridized carbons (Fsp3) is 0.308. The second kappa shape index (κ2) is 6.62. The van der Waals surface area contributed by atoms with Crippen LogP contribution < -0.4 is 5.32 Å². The third kappa shape index (κ3) is 3.88. The summed E-state index contributed by atoms with van der Waals surface area (Å²) >= 11 is 3.25. The molecule has 6 nitrogen and oxygen atoms in total. The summed E-state index contributed by atoms with van der Waals surface area (Å²) in [4.78, 5) is 21.9. The minimum Gasteiger partial charge on any atom is -0.453 e. The van der Waals surface area contributed by atoms with Gasteiger partial charge in [-0.15, -0.1) is 0 Å². The molecule has 1 atom stereocenters. The average Bonchev–Trinajstić information content (AvgIpc) is 2.84. The summed E-state index contributed by atoms with van der Waals surface area (Å²) in [6.07, 6.45) is 3.16. The zero-order chi connectivity index (χ0) is 14.5. The Kier molecular flexibility index (Phi) is 4.86. The monoisotopic (exact) mass is 338 g/mol. The van der Waals surface area contributed by atoms with E-state index in [2.05, 4.69) is 31.2 Å². The van der Waals surface area contributed by atoms with Crippen LogP contribution in [0, 0.1) is 0 Å². The van der Waals surface area contributed by atoms with Crippen LogP contribution in [-0.4, -0.2) is 33.9 Å². The molecule has 2 rings (SSSR count). The maximum absolute atomic E-state index is 12.1. The molecule has 2 heterocycles. The van der Waals surface area contributed by atoms with Gasteiger partial charge in [-0.05, 0) is 48.1 Å². The fourth-order valence-corrected chi connectivity index (χ4v) is 1.94. The number of halogens is 1. The van der Waals surface area contributed by atoms with Crippen molar-refractivity contribution in [2.45, 2.75) is 19.5 Å². The van der Waals surface area contributed by atoms with Crippen LogP contribution in [0.2, 0.25) is 0 Å². The van der Waals surface area contributed by atoms with E-state index in [1.165, 1.54) is 0 Å². The Bertz CT molecular complexity index is 573. The van der Waals surface area contributed by atoms with Crippen molar-refractivity contribution in [3.63, 3.8) is 0 Å². The molecular weight excluding hydrogens is 324 g/mol. The van der Waals surface area contributed by atoms with E-state index < -0.39 is 0 Å². The number of nitrogens with zero attached hydrogens (tertiary/aromatic N) is 3. The molecule has 0 aliphatic rings. The predicted molar refractivity (Wildman–Crippen MR) is 78.0 cm³/mol. The van der Waals surface area contributed by atoms with Crippen molar-refractivity contribution < 1.29 is 9.21 Å². The van der Waals surface area contributed by atoms with Crippen molar-refractivity contribution in [1.82, 2.24) is 14.9 Å². The number of anilines is 1. The van der Waals surface area contributed by atoms with Gasteiger partial charge in [0.25, 0.3) is 0 Å². The second-order valence-electron chi connectivity index (χ2n) is 4.36. The summed E-state index contributed by atoms with van der Waals surface area (Å²) in [5.74, 6) is 0.929. The van der Waals surface area contributed by atoms with Gasteiger partial charge in [-0.2, -0.15) is 0 Å². The maximum atomic E-state index is 12.1. The van der Waals surface area contributed by atoms with Gasteiger partial charge in [-0.1, -0.05) is 0 Å². The molecular formula is C13H15BrN4O2. The molecule has 0 bridgehead atoms.